The van der Waals surface area contributed by atoms with Gasteiger partial charge in [0.1, 0.15) is 0 Å². The summed E-state index contributed by atoms with van der Waals surface area (Å²) in [7, 11) is -3.66. The molecule has 1 unspecified atom stereocenters. The maximum Gasteiger partial charge on any atom is 0.338 e. The fraction of sp³-hybridized carbons (Fsp3) is 0.391. The van der Waals surface area contributed by atoms with Gasteiger partial charge in [-0.3, -0.25) is 4.79 Å². The van der Waals surface area contributed by atoms with Crippen LogP contribution in [0.2, 0.25) is 0 Å². The molecule has 1 atom stereocenters. The minimum Gasteiger partial charge on any atom is -0.462 e. The van der Waals surface area contributed by atoms with Gasteiger partial charge in [-0.05, 0) is 63.4 Å². The van der Waals surface area contributed by atoms with Gasteiger partial charge in [0.05, 0.1) is 23.0 Å². The molecule has 0 aromatic heterocycles. The molecule has 2 aromatic rings. The van der Waals surface area contributed by atoms with Gasteiger partial charge >= 0.3 is 5.97 Å². The van der Waals surface area contributed by atoms with Gasteiger partial charge < -0.3 is 10.1 Å². The molecule has 0 saturated carbocycles. The molecule has 0 radical (unpaired) electrons. The number of carbonyl (C=O) groups is 2. The molecule has 1 aliphatic rings. The number of hydrogen-bond acceptors (Lipinski definition) is 5. The van der Waals surface area contributed by atoms with Crippen LogP contribution in [0.4, 0.5) is 5.69 Å². The highest BCUT2D eigenvalue weighted by molar-refractivity contribution is 7.89. The minimum atomic E-state index is -3.66. The number of aryl methyl sites for hydroxylation is 1. The molecule has 1 amide bonds. The summed E-state index contributed by atoms with van der Waals surface area (Å²) in [6, 6.07) is 11.8. The number of benzene rings is 2. The quantitative estimate of drug-likeness (QED) is 0.688. The Labute approximate surface area is 183 Å². The molecule has 2 aromatic carbocycles. The number of hydrogen-bond donors (Lipinski definition) is 1. The van der Waals surface area contributed by atoms with Crippen LogP contribution in [-0.4, -0.2) is 44.3 Å². The van der Waals surface area contributed by atoms with Gasteiger partial charge in [-0.15, -0.1) is 0 Å². The number of carbonyl (C=O) groups excluding carboxylic acids is 2. The Hall–Kier alpha value is -2.71. The SMILES string of the molecule is CCOC(=O)c1cccc(NC(=O)C2CCCN(S(=O)(=O)c3ccc(C)cc3)C2)c1C. The monoisotopic (exact) mass is 444 g/mol. The molecule has 0 bridgehead atoms. The van der Waals surface area contributed by atoms with Crippen molar-refractivity contribution in [2.75, 3.05) is 25.0 Å². The van der Waals surface area contributed by atoms with Crippen molar-refractivity contribution in [2.45, 2.75) is 38.5 Å². The van der Waals surface area contributed by atoms with Crippen molar-refractivity contribution in [2.24, 2.45) is 5.92 Å². The van der Waals surface area contributed by atoms with Crippen LogP contribution >= 0.6 is 0 Å². The van der Waals surface area contributed by atoms with Crippen LogP contribution in [0.15, 0.2) is 47.4 Å². The number of anilines is 1. The molecule has 31 heavy (non-hydrogen) atoms. The van der Waals surface area contributed by atoms with E-state index in [-0.39, 0.29) is 24.0 Å². The van der Waals surface area contributed by atoms with Crippen molar-refractivity contribution < 1.29 is 22.7 Å². The molecule has 1 N–H and O–H groups in total. The largest absolute Gasteiger partial charge is 0.462 e. The van der Waals surface area contributed by atoms with Gasteiger partial charge in [0.2, 0.25) is 15.9 Å². The zero-order chi connectivity index (χ0) is 22.6. The average Bonchev–Trinajstić information content (AvgIpc) is 2.75. The van der Waals surface area contributed by atoms with Gasteiger partial charge in [0, 0.05) is 18.8 Å². The Morgan fingerprint density at radius 1 is 1.13 bits per heavy atom. The van der Waals surface area contributed by atoms with Gasteiger partial charge in [0.15, 0.2) is 0 Å². The molecular formula is C23H28N2O5S. The van der Waals surface area contributed by atoms with Gasteiger partial charge in [-0.1, -0.05) is 23.8 Å². The van der Waals surface area contributed by atoms with E-state index >= 15 is 0 Å². The van der Waals surface area contributed by atoms with Crippen LogP contribution < -0.4 is 5.32 Å². The van der Waals surface area contributed by atoms with Crippen molar-refractivity contribution in [3.8, 4) is 0 Å². The summed E-state index contributed by atoms with van der Waals surface area (Å²) in [6.45, 7) is 6.16. The number of esters is 1. The highest BCUT2D eigenvalue weighted by atomic mass is 32.2. The Morgan fingerprint density at radius 3 is 2.52 bits per heavy atom. The molecule has 1 saturated heterocycles. The van der Waals surface area contributed by atoms with Crippen molar-refractivity contribution in [3.63, 3.8) is 0 Å². The van der Waals surface area contributed by atoms with E-state index in [9.17, 15) is 18.0 Å². The van der Waals surface area contributed by atoms with Crippen molar-refractivity contribution in [1.82, 2.24) is 4.31 Å². The van der Waals surface area contributed by atoms with Gasteiger partial charge in [0.25, 0.3) is 0 Å². The molecule has 1 heterocycles. The van der Waals surface area contributed by atoms with Crippen LogP contribution in [0.5, 0.6) is 0 Å². The summed E-state index contributed by atoms with van der Waals surface area (Å²) in [4.78, 5) is 25.3. The lowest BCUT2D eigenvalue weighted by atomic mass is 9.98. The number of sulfonamides is 1. The lowest BCUT2D eigenvalue weighted by Gasteiger charge is -2.31. The predicted molar refractivity (Wildman–Crippen MR) is 118 cm³/mol. The van der Waals surface area contributed by atoms with E-state index in [1.807, 2.05) is 6.92 Å². The Bertz CT molecular complexity index is 1060. The lowest BCUT2D eigenvalue weighted by Crippen LogP contribution is -2.43. The first-order chi connectivity index (χ1) is 14.7. The molecule has 0 aliphatic carbocycles. The highest BCUT2D eigenvalue weighted by Gasteiger charge is 2.33. The van der Waals surface area contributed by atoms with E-state index in [1.54, 1.807) is 56.3 Å². The topological polar surface area (TPSA) is 92.8 Å². The standard InChI is InChI=1S/C23H28N2O5S/c1-4-30-23(27)20-8-5-9-21(17(20)3)24-22(26)18-7-6-14-25(15-18)31(28,29)19-12-10-16(2)11-13-19/h5,8-13,18H,4,6-7,14-15H2,1-3H3,(H,24,26). The molecule has 166 valence electrons. The summed E-state index contributed by atoms with van der Waals surface area (Å²) >= 11 is 0. The first kappa shape index (κ1) is 23.0. The van der Waals surface area contributed by atoms with Gasteiger partial charge in [-0.2, -0.15) is 4.31 Å². The molecule has 1 fully saturated rings. The van der Waals surface area contributed by atoms with E-state index in [0.717, 1.165) is 5.56 Å². The van der Waals surface area contributed by atoms with Crippen molar-refractivity contribution >= 4 is 27.6 Å². The minimum absolute atomic E-state index is 0.124. The summed E-state index contributed by atoms with van der Waals surface area (Å²) in [6.07, 6.45) is 1.20. The van der Waals surface area contributed by atoms with E-state index in [0.29, 0.717) is 36.2 Å². The average molecular weight is 445 g/mol. The second-order valence-corrected chi connectivity index (χ2v) is 9.64. The Balaban J connectivity index is 1.74. The normalized spacial score (nSPS) is 17.2. The van der Waals surface area contributed by atoms with Crippen LogP contribution in [0, 0.1) is 19.8 Å². The third kappa shape index (κ3) is 5.14. The molecule has 8 heteroatoms. The fourth-order valence-electron chi connectivity index (χ4n) is 3.67. The highest BCUT2D eigenvalue weighted by Crippen LogP contribution is 2.26. The Morgan fingerprint density at radius 2 is 1.84 bits per heavy atom. The second-order valence-electron chi connectivity index (χ2n) is 7.70. The predicted octanol–water partition coefficient (Wildman–Crippen LogP) is 3.52. The number of ether oxygens (including phenoxy) is 1. The van der Waals surface area contributed by atoms with E-state index < -0.39 is 21.9 Å². The smallest absolute Gasteiger partial charge is 0.338 e. The number of nitrogens with one attached hydrogen (secondary N) is 1. The molecular weight excluding hydrogens is 416 g/mol. The zero-order valence-corrected chi connectivity index (χ0v) is 18.9. The summed E-state index contributed by atoms with van der Waals surface area (Å²) in [5.41, 5.74) is 2.52. The second kappa shape index (κ2) is 9.62. The lowest BCUT2D eigenvalue weighted by molar-refractivity contribution is -0.120. The van der Waals surface area contributed by atoms with Crippen LogP contribution in [0.25, 0.3) is 0 Å². The van der Waals surface area contributed by atoms with Crippen molar-refractivity contribution in [1.29, 1.82) is 0 Å². The van der Waals surface area contributed by atoms with Gasteiger partial charge in [-0.25, -0.2) is 13.2 Å². The number of nitrogens with zero attached hydrogens (tertiary/aromatic N) is 1. The number of rotatable bonds is 6. The maximum atomic E-state index is 13.0. The number of amides is 1. The molecule has 0 spiro atoms. The molecule has 1 aliphatic heterocycles. The van der Waals surface area contributed by atoms with E-state index in [1.165, 1.54) is 4.31 Å². The first-order valence-corrected chi connectivity index (χ1v) is 11.8. The number of piperidine rings is 1. The summed E-state index contributed by atoms with van der Waals surface area (Å²) in [5.74, 6) is -1.17. The van der Waals surface area contributed by atoms with Crippen LogP contribution in [-0.2, 0) is 19.6 Å². The fourth-order valence-corrected chi connectivity index (χ4v) is 5.19. The van der Waals surface area contributed by atoms with Crippen molar-refractivity contribution in [3.05, 3.63) is 59.2 Å². The van der Waals surface area contributed by atoms with Crippen LogP contribution in [0.1, 0.15) is 41.3 Å². The Kier molecular flexibility index (Phi) is 7.12. The third-order valence-corrected chi connectivity index (χ3v) is 7.38. The van der Waals surface area contributed by atoms with E-state index in [2.05, 4.69) is 5.32 Å². The molecule has 7 nitrogen and oxygen atoms in total. The maximum absolute atomic E-state index is 13.0. The van der Waals surface area contributed by atoms with Crippen LogP contribution in [0.3, 0.4) is 0 Å². The summed E-state index contributed by atoms with van der Waals surface area (Å²) < 4.78 is 32.4. The third-order valence-electron chi connectivity index (χ3n) is 5.50. The van der Waals surface area contributed by atoms with E-state index in [4.69, 9.17) is 4.74 Å². The summed E-state index contributed by atoms with van der Waals surface area (Å²) in [5, 5.41) is 2.87. The first-order valence-electron chi connectivity index (χ1n) is 10.4. The zero-order valence-electron chi connectivity index (χ0n) is 18.1. The molecule has 3 rings (SSSR count).